The number of ether oxygens (including phenoxy) is 1. The summed E-state index contributed by atoms with van der Waals surface area (Å²) in [6.45, 7) is 7.27. The van der Waals surface area contributed by atoms with E-state index in [1.54, 1.807) is 48.6 Å². The highest BCUT2D eigenvalue weighted by Gasteiger charge is 2.63. The molecule has 0 saturated carbocycles. The van der Waals surface area contributed by atoms with Gasteiger partial charge in [0.1, 0.15) is 10.8 Å². The second-order valence-corrected chi connectivity index (χ2v) is 4.42. The Bertz CT molecular complexity index is 410. The van der Waals surface area contributed by atoms with Gasteiger partial charge in [-0.2, -0.15) is 0 Å². The number of carbonyl (C=O) groups excluding carboxylic acids is 2. The number of carbonyl (C=O) groups is 2. The van der Waals surface area contributed by atoms with Gasteiger partial charge in [-0.05, 0) is 27.7 Å². The van der Waals surface area contributed by atoms with Crippen LogP contribution in [0.4, 0.5) is 0 Å². The lowest BCUT2D eigenvalue weighted by atomic mass is 9.63. The van der Waals surface area contributed by atoms with Gasteiger partial charge in [0.25, 0.3) is 0 Å². The van der Waals surface area contributed by atoms with E-state index in [9.17, 15) is 9.59 Å². The monoisotopic (exact) mass is 260 g/mol. The Hall–Kier alpha value is -1.90. The topological polar surface area (TPSA) is 43.4 Å². The summed E-state index contributed by atoms with van der Waals surface area (Å²) in [6.07, 6.45) is 14.0. The molecule has 1 rings (SSSR count). The van der Waals surface area contributed by atoms with Crippen LogP contribution in [0.15, 0.2) is 48.6 Å². The zero-order valence-electron chi connectivity index (χ0n) is 11.8. The van der Waals surface area contributed by atoms with Crippen molar-refractivity contribution in [1.29, 1.82) is 0 Å². The number of cyclic esters (lactones) is 2. The van der Waals surface area contributed by atoms with Crippen molar-refractivity contribution in [3.8, 4) is 0 Å². The molecule has 0 spiro atoms. The van der Waals surface area contributed by atoms with Gasteiger partial charge in [-0.25, -0.2) is 0 Å². The average Bonchev–Trinajstić information content (AvgIpc) is 2.54. The van der Waals surface area contributed by atoms with Crippen LogP contribution in [-0.2, 0) is 14.3 Å². The molecular weight excluding hydrogens is 240 g/mol. The van der Waals surface area contributed by atoms with Crippen molar-refractivity contribution in [1.82, 2.24) is 0 Å². The van der Waals surface area contributed by atoms with Crippen molar-refractivity contribution in [3.63, 3.8) is 0 Å². The molecular formula is C16H20O3. The molecule has 3 nitrogen and oxygen atoms in total. The van der Waals surface area contributed by atoms with Crippen LogP contribution in [0.25, 0.3) is 0 Å². The normalized spacial score (nSPS) is 22.3. The van der Waals surface area contributed by atoms with Crippen LogP contribution in [0.2, 0.25) is 0 Å². The van der Waals surface area contributed by atoms with Crippen LogP contribution in [0, 0.1) is 10.8 Å². The van der Waals surface area contributed by atoms with Gasteiger partial charge in [0, 0.05) is 0 Å². The van der Waals surface area contributed by atoms with Gasteiger partial charge in [0.05, 0.1) is 0 Å². The molecule has 0 bridgehead atoms. The van der Waals surface area contributed by atoms with Crippen LogP contribution in [-0.4, -0.2) is 11.9 Å². The van der Waals surface area contributed by atoms with E-state index in [4.69, 9.17) is 4.74 Å². The minimum absolute atomic E-state index is 0.537. The van der Waals surface area contributed by atoms with E-state index in [-0.39, 0.29) is 0 Å². The first-order valence-electron chi connectivity index (χ1n) is 6.36. The van der Waals surface area contributed by atoms with Crippen molar-refractivity contribution in [2.75, 3.05) is 0 Å². The number of rotatable bonds is 4. The highest BCUT2D eigenvalue weighted by Crippen LogP contribution is 2.51. The van der Waals surface area contributed by atoms with E-state index in [1.165, 1.54) is 0 Å². The van der Waals surface area contributed by atoms with Gasteiger partial charge >= 0.3 is 11.9 Å². The fraction of sp³-hybridized carbons (Fsp3) is 0.375. The smallest absolute Gasteiger partial charge is 0.329 e. The lowest BCUT2D eigenvalue weighted by Gasteiger charge is -2.31. The molecule has 0 aromatic carbocycles. The van der Waals surface area contributed by atoms with Crippen molar-refractivity contribution in [2.24, 2.45) is 10.8 Å². The molecule has 0 N–H and O–H groups in total. The molecule has 0 amide bonds. The summed E-state index contributed by atoms with van der Waals surface area (Å²) in [5.41, 5.74) is -2.21. The maximum Gasteiger partial charge on any atom is 0.329 e. The third-order valence-corrected chi connectivity index (χ3v) is 3.26. The molecule has 3 heteroatoms. The maximum atomic E-state index is 12.2. The van der Waals surface area contributed by atoms with Gasteiger partial charge in [0.15, 0.2) is 0 Å². The summed E-state index contributed by atoms with van der Waals surface area (Å²) in [4.78, 5) is 24.5. The zero-order chi connectivity index (χ0) is 14.5. The molecule has 0 radical (unpaired) electrons. The molecule has 1 fully saturated rings. The van der Waals surface area contributed by atoms with E-state index < -0.39 is 22.8 Å². The van der Waals surface area contributed by atoms with Crippen molar-refractivity contribution >= 4 is 11.9 Å². The Morgan fingerprint density at radius 3 is 1.16 bits per heavy atom. The summed E-state index contributed by atoms with van der Waals surface area (Å²) in [6, 6.07) is 0. The lowest BCUT2D eigenvalue weighted by molar-refractivity contribution is -0.154. The van der Waals surface area contributed by atoms with Crippen LogP contribution in [0.3, 0.4) is 0 Å². The second kappa shape index (κ2) is 5.83. The minimum Gasteiger partial charge on any atom is -0.391 e. The first kappa shape index (κ1) is 15.2. The highest BCUT2D eigenvalue weighted by molar-refractivity contribution is 6.06. The predicted molar refractivity (Wildman–Crippen MR) is 75.2 cm³/mol. The van der Waals surface area contributed by atoms with E-state index >= 15 is 0 Å². The Morgan fingerprint density at radius 1 is 0.684 bits per heavy atom. The summed E-state index contributed by atoms with van der Waals surface area (Å²) in [5.74, 6) is -1.07. The molecule has 102 valence electrons. The third kappa shape index (κ3) is 2.09. The molecule has 1 aliphatic rings. The molecule has 1 aliphatic heterocycles. The Morgan fingerprint density at radius 2 is 0.947 bits per heavy atom. The minimum atomic E-state index is -1.10. The van der Waals surface area contributed by atoms with Gasteiger partial charge < -0.3 is 4.74 Å². The van der Waals surface area contributed by atoms with Crippen LogP contribution in [0.5, 0.6) is 0 Å². The molecule has 0 atom stereocenters. The average molecular weight is 260 g/mol. The summed E-state index contributed by atoms with van der Waals surface area (Å²) >= 11 is 0. The van der Waals surface area contributed by atoms with E-state index in [0.29, 0.717) is 0 Å². The standard InChI is InChI=1S/C16H20O3/c1-5-9-15(10-6-2)13(17)19-14(18)16(15,11-7-3)12-8-4/h5-12H,1-4H3/b9-5-,10-6-,11-7-,12-8-. The third-order valence-electron chi connectivity index (χ3n) is 3.26. The number of allylic oxidation sites excluding steroid dienone is 4. The van der Waals surface area contributed by atoms with Crippen molar-refractivity contribution in [3.05, 3.63) is 48.6 Å². The van der Waals surface area contributed by atoms with Crippen LogP contribution >= 0.6 is 0 Å². The predicted octanol–water partition coefficient (Wildman–Crippen LogP) is 3.35. The first-order chi connectivity index (χ1) is 9.04. The summed E-state index contributed by atoms with van der Waals surface area (Å²) < 4.78 is 4.92. The molecule has 0 aliphatic carbocycles. The van der Waals surface area contributed by atoms with E-state index in [1.807, 2.05) is 27.7 Å². The van der Waals surface area contributed by atoms with Gasteiger partial charge in [-0.3, -0.25) is 9.59 Å². The summed E-state index contributed by atoms with van der Waals surface area (Å²) in [5, 5.41) is 0. The number of hydrogen-bond acceptors (Lipinski definition) is 3. The molecule has 0 aromatic rings. The fourth-order valence-corrected chi connectivity index (χ4v) is 2.58. The van der Waals surface area contributed by atoms with E-state index in [0.717, 1.165) is 0 Å². The molecule has 0 unspecified atom stereocenters. The molecule has 0 aromatic heterocycles. The van der Waals surface area contributed by atoms with Gasteiger partial charge in [0.2, 0.25) is 0 Å². The first-order valence-corrected chi connectivity index (χ1v) is 6.36. The Labute approximate surface area is 114 Å². The van der Waals surface area contributed by atoms with E-state index in [2.05, 4.69) is 0 Å². The lowest BCUT2D eigenvalue weighted by Crippen LogP contribution is -2.39. The van der Waals surface area contributed by atoms with Crippen LogP contribution < -0.4 is 0 Å². The maximum absolute atomic E-state index is 12.2. The van der Waals surface area contributed by atoms with Gasteiger partial charge in [-0.15, -0.1) is 0 Å². The number of esters is 2. The SMILES string of the molecule is C/C=C\C1(/C=C\C)C(=O)OC(=O)C1(/C=C\C)/C=C\C. The largest absolute Gasteiger partial charge is 0.391 e. The van der Waals surface area contributed by atoms with Crippen LogP contribution in [0.1, 0.15) is 27.7 Å². The number of hydrogen-bond donors (Lipinski definition) is 0. The zero-order valence-corrected chi connectivity index (χ0v) is 11.8. The quantitative estimate of drug-likeness (QED) is 0.442. The van der Waals surface area contributed by atoms with Crippen molar-refractivity contribution in [2.45, 2.75) is 27.7 Å². The Balaban J connectivity index is 3.70. The highest BCUT2D eigenvalue weighted by atomic mass is 16.6. The van der Waals surface area contributed by atoms with Gasteiger partial charge in [-0.1, -0.05) is 48.6 Å². The Kier molecular flexibility index (Phi) is 4.65. The summed E-state index contributed by atoms with van der Waals surface area (Å²) in [7, 11) is 0. The molecule has 1 saturated heterocycles. The fourth-order valence-electron chi connectivity index (χ4n) is 2.58. The van der Waals surface area contributed by atoms with Crippen molar-refractivity contribution < 1.29 is 14.3 Å². The second-order valence-electron chi connectivity index (χ2n) is 4.42. The molecule has 19 heavy (non-hydrogen) atoms. The molecule has 1 heterocycles.